The van der Waals surface area contributed by atoms with Crippen molar-refractivity contribution in [2.24, 2.45) is 0 Å². The quantitative estimate of drug-likeness (QED) is 0.896. The Morgan fingerprint density at radius 3 is 2.33 bits per heavy atom. The first-order valence-electron chi connectivity index (χ1n) is 8.64. The third kappa shape index (κ3) is 3.29. The number of urea groups is 1. The second-order valence-corrected chi connectivity index (χ2v) is 6.50. The van der Waals surface area contributed by atoms with Crippen LogP contribution in [-0.4, -0.2) is 62.8 Å². The number of rotatable bonds is 5. The Morgan fingerprint density at radius 2 is 1.79 bits per heavy atom. The fourth-order valence-electron chi connectivity index (χ4n) is 3.30. The summed E-state index contributed by atoms with van der Waals surface area (Å²) >= 11 is 0. The maximum atomic E-state index is 12.6. The predicted octanol–water partition coefficient (Wildman–Crippen LogP) is 2.04. The van der Waals surface area contributed by atoms with Gasteiger partial charge in [0.15, 0.2) is 11.5 Å². The van der Waals surface area contributed by atoms with Crippen molar-refractivity contribution in [3.8, 4) is 11.5 Å². The number of hydrogen-bond donors (Lipinski definition) is 1. The van der Waals surface area contributed by atoms with Crippen molar-refractivity contribution in [2.45, 2.75) is 25.3 Å². The standard InChI is InChI=1S/C18H27N3O3/c1-4-20-9-11-21(12-10-20)17(22)19-18(7-8-18)14-5-6-15(23-2)16(13-14)24-3/h5-6,13H,4,7-12H2,1-3H3,(H,19,22). The van der Waals surface area contributed by atoms with Gasteiger partial charge in [0.05, 0.1) is 19.8 Å². The van der Waals surface area contributed by atoms with Gasteiger partial charge in [0, 0.05) is 26.2 Å². The second kappa shape index (κ2) is 6.89. The molecular weight excluding hydrogens is 306 g/mol. The highest BCUT2D eigenvalue weighted by Gasteiger charge is 2.46. The maximum absolute atomic E-state index is 12.6. The summed E-state index contributed by atoms with van der Waals surface area (Å²) in [5, 5.41) is 3.25. The summed E-state index contributed by atoms with van der Waals surface area (Å²) in [6.45, 7) is 6.70. The molecule has 1 aromatic rings. The Balaban J connectivity index is 1.67. The SMILES string of the molecule is CCN1CCN(C(=O)NC2(c3ccc(OC)c(OC)c3)CC2)CC1. The molecule has 1 heterocycles. The van der Waals surface area contributed by atoms with Gasteiger partial charge >= 0.3 is 6.03 Å². The number of ether oxygens (including phenoxy) is 2. The zero-order valence-electron chi connectivity index (χ0n) is 14.8. The van der Waals surface area contributed by atoms with Crippen molar-refractivity contribution in [1.29, 1.82) is 0 Å². The highest BCUT2D eigenvalue weighted by atomic mass is 16.5. The first-order chi connectivity index (χ1) is 11.6. The van der Waals surface area contributed by atoms with Crippen molar-refractivity contribution in [3.05, 3.63) is 23.8 Å². The van der Waals surface area contributed by atoms with Crippen molar-refractivity contribution < 1.29 is 14.3 Å². The molecule has 3 rings (SSSR count). The first-order valence-corrected chi connectivity index (χ1v) is 8.64. The minimum absolute atomic E-state index is 0.0398. The molecule has 0 aromatic heterocycles. The average Bonchev–Trinajstić information content (AvgIpc) is 3.41. The minimum Gasteiger partial charge on any atom is -0.493 e. The van der Waals surface area contributed by atoms with Crippen LogP contribution in [0.5, 0.6) is 11.5 Å². The summed E-state index contributed by atoms with van der Waals surface area (Å²) < 4.78 is 10.7. The first kappa shape index (κ1) is 16.9. The van der Waals surface area contributed by atoms with E-state index in [1.807, 2.05) is 23.1 Å². The number of hydrogen-bond acceptors (Lipinski definition) is 4. The number of amides is 2. The summed E-state index contributed by atoms with van der Waals surface area (Å²) in [6.07, 6.45) is 1.92. The van der Waals surface area contributed by atoms with Crippen LogP contribution in [-0.2, 0) is 5.54 Å². The molecule has 6 nitrogen and oxygen atoms in total. The van der Waals surface area contributed by atoms with E-state index < -0.39 is 0 Å². The van der Waals surface area contributed by atoms with Crippen molar-refractivity contribution in [2.75, 3.05) is 46.9 Å². The van der Waals surface area contributed by atoms with Crippen LogP contribution in [0.2, 0.25) is 0 Å². The fourth-order valence-corrected chi connectivity index (χ4v) is 3.30. The van der Waals surface area contributed by atoms with Crippen molar-refractivity contribution in [1.82, 2.24) is 15.1 Å². The van der Waals surface area contributed by atoms with E-state index in [2.05, 4.69) is 17.1 Å². The third-order valence-corrected chi connectivity index (χ3v) is 5.14. The van der Waals surface area contributed by atoms with Gasteiger partial charge in [0.2, 0.25) is 0 Å². The van der Waals surface area contributed by atoms with E-state index >= 15 is 0 Å². The van der Waals surface area contributed by atoms with E-state index in [1.165, 1.54) is 0 Å². The Morgan fingerprint density at radius 1 is 1.12 bits per heavy atom. The molecule has 0 radical (unpaired) electrons. The number of benzene rings is 1. The Bertz CT molecular complexity index is 593. The van der Waals surface area contributed by atoms with Gasteiger partial charge in [-0.3, -0.25) is 0 Å². The fraction of sp³-hybridized carbons (Fsp3) is 0.611. The largest absolute Gasteiger partial charge is 0.493 e. The molecule has 2 fully saturated rings. The van der Waals surface area contributed by atoms with Gasteiger partial charge in [-0.2, -0.15) is 0 Å². The molecule has 6 heteroatoms. The molecule has 0 bridgehead atoms. The lowest BCUT2D eigenvalue weighted by atomic mass is 10.0. The molecule has 0 atom stereocenters. The summed E-state index contributed by atoms with van der Waals surface area (Å²) in [7, 11) is 3.26. The number of piperazine rings is 1. The number of likely N-dealkylation sites (N-methyl/N-ethyl adjacent to an activating group) is 1. The van der Waals surface area contributed by atoms with E-state index in [0.29, 0.717) is 11.5 Å². The zero-order chi connectivity index (χ0) is 17.2. The molecule has 0 unspecified atom stereocenters. The summed E-state index contributed by atoms with van der Waals surface area (Å²) in [5.74, 6) is 1.41. The molecule has 0 spiro atoms. The zero-order valence-corrected chi connectivity index (χ0v) is 14.8. The molecule has 1 aliphatic carbocycles. The molecule has 1 saturated carbocycles. The highest BCUT2D eigenvalue weighted by Crippen LogP contribution is 2.47. The topological polar surface area (TPSA) is 54.0 Å². The van der Waals surface area contributed by atoms with Gasteiger partial charge in [-0.05, 0) is 37.1 Å². The predicted molar refractivity (Wildman–Crippen MR) is 92.7 cm³/mol. The smallest absolute Gasteiger partial charge is 0.318 e. The number of carbonyl (C=O) groups excluding carboxylic acids is 1. The monoisotopic (exact) mass is 333 g/mol. The van der Waals surface area contributed by atoms with Crippen LogP contribution < -0.4 is 14.8 Å². The minimum atomic E-state index is -0.251. The van der Waals surface area contributed by atoms with Crippen LogP contribution in [0.3, 0.4) is 0 Å². The highest BCUT2D eigenvalue weighted by molar-refractivity contribution is 5.76. The van der Waals surface area contributed by atoms with Gasteiger partial charge < -0.3 is 24.6 Å². The number of nitrogens with zero attached hydrogens (tertiary/aromatic N) is 2. The van der Waals surface area contributed by atoms with Gasteiger partial charge in [0.1, 0.15) is 0 Å². The van der Waals surface area contributed by atoms with Crippen molar-refractivity contribution in [3.63, 3.8) is 0 Å². The Kier molecular flexibility index (Phi) is 4.85. The molecule has 2 aliphatic rings. The van der Waals surface area contributed by atoms with E-state index in [9.17, 15) is 4.79 Å². The van der Waals surface area contributed by atoms with Gasteiger partial charge in [0.25, 0.3) is 0 Å². The molecule has 1 saturated heterocycles. The van der Waals surface area contributed by atoms with E-state index in [1.54, 1.807) is 14.2 Å². The molecule has 24 heavy (non-hydrogen) atoms. The van der Waals surface area contributed by atoms with Crippen LogP contribution >= 0.6 is 0 Å². The number of methoxy groups -OCH3 is 2. The Hall–Kier alpha value is -1.95. The molecule has 1 N–H and O–H groups in total. The lowest BCUT2D eigenvalue weighted by molar-refractivity contribution is 0.140. The second-order valence-electron chi connectivity index (χ2n) is 6.50. The van der Waals surface area contributed by atoms with E-state index in [0.717, 1.165) is 51.1 Å². The molecule has 1 aliphatic heterocycles. The van der Waals surface area contributed by atoms with Gasteiger partial charge in [-0.1, -0.05) is 13.0 Å². The maximum Gasteiger partial charge on any atom is 0.318 e. The number of nitrogens with one attached hydrogen (secondary N) is 1. The van der Waals surface area contributed by atoms with E-state index in [-0.39, 0.29) is 11.6 Å². The van der Waals surface area contributed by atoms with Crippen LogP contribution in [0.15, 0.2) is 18.2 Å². The molecule has 1 aromatic carbocycles. The normalized spacial score (nSPS) is 19.7. The summed E-state index contributed by atoms with van der Waals surface area (Å²) in [6, 6.07) is 5.93. The molecular formula is C18H27N3O3. The van der Waals surface area contributed by atoms with Gasteiger partial charge in [-0.15, -0.1) is 0 Å². The van der Waals surface area contributed by atoms with E-state index in [4.69, 9.17) is 9.47 Å². The Labute approximate surface area is 143 Å². The third-order valence-electron chi connectivity index (χ3n) is 5.14. The van der Waals surface area contributed by atoms with Crippen molar-refractivity contribution >= 4 is 6.03 Å². The van der Waals surface area contributed by atoms with Gasteiger partial charge in [-0.25, -0.2) is 4.79 Å². The lowest BCUT2D eigenvalue weighted by Gasteiger charge is -2.35. The lowest BCUT2D eigenvalue weighted by Crippen LogP contribution is -2.53. The summed E-state index contributed by atoms with van der Waals surface area (Å²) in [5.41, 5.74) is 0.833. The van der Waals surface area contributed by atoms with Crippen LogP contribution in [0.1, 0.15) is 25.3 Å². The average molecular weight is 333 g/mol. The summed E-state index contributed by atoms with van der Waals surface area (Å²) in [4.78, 5) is 16.9. The molecule has 2 amide bonds. The van der Waals surface area contributed by atoms with Crippen LogP contribution in [0.25, 0.3) is 0 Å². The molecule has 132 valence electrons. The van der Waals surface area contributed by atoms with Crippen LogP contribution in [0, 0.1) is 0 Å². The number of carbonyl (C=O) groups is 1. The van der Waals surface area contributed by atoms with Crippen LogP contribution in [0.4, 0.5) is 4.79 Å².